The molecule has 0 aliphatic carbocycles. The number of amides is 1. The van der Waals surface area contributed by atoms with E-state index in [0.29, 0.717) is 10.7 Å². The van der Waals surface area contributed by atoms with Crippen molar-refractivity contribution < 1.29 is 13.2 Å². The van der Waals surface area contributed by atoms with Crippen molar-refractivity contribution in [1.29, 1.82) is 0 Å². The Morgan fingerprint density at radius 1 is 0.933 bits per heavy atom. The molecule has 0 bridgehead atoms. The minimum atomic E-state index is -3.90. The van der Waals surface area contributed by atoms with Crippen LogP contribution in [0.1, 0.15) is 16.7 Å². The summed E-state index contributed by atoms with van der Waals surface area (Å²) >= 11 is 5.90. The number of carbonyl (C=O) groups is 1. The van der Waals surface area contributed by atoms with Crippen LogP contribution in [0.3, 0.4) is 0 Å². The molecule has 1 amide bonds. The molecule has 0 aromatic heterocycles. The molecule has 156 valence electrons. The number of aryl methyl sites for hydroxylation is 2. The smallest absolute Gasteiger partial charge is 0.243 e. The summed E-state index contributed by atoms with van der Waals surface area (Å²) in [6, 6.07) is 20.7. The fraction of sp³-hybridized carbons (Fsp3) is 0.174. The standard InChI is InChI=1S/C23H23ClN2O3S/c1-17-8-11-21(14-18(17)2)25-23(27)16-26(15-19-6-4-3-5-7-19)30(28,29)22-12-9-20(24)10-13-22/h3-14H,15-16H2,1-2H3,(H,25,27). The second kappa shape index (κ2) is 9.43. The molecule has 0 heterocycles. The van der Waals surface area contributed by atoms with Crippen molar-refractivity contribution in [2.45, 2.75) is 25.3 Å². The number of rotatable bonds is 7. The van der Waals surface area contributed by atoms with Crippen LogP contribution in [0.25, 0.3) is 0 Å². The van der Waals surface area contributed by atoms with E-state index in [9.17, 15) is 13.2 Å². The van der Waals surface area contributed by atoms with Crippen LogP contribution >= 0.6 is 11.6 Å². The number of carbonyl (C=O) groups excluding carboxylic acids is 1. The third-order valence-electron chi connectivity index (χ3n) is 4.76. The summed E-state index contributed by atoms with van der Waals surface area (Å²) in [5.41, 5.74) is 3.58. The number of hydrogen-bond donors (Lipinski definition) is 1. The molecule has 0 aliphatic rings. The molecule has 0 aliphatic heterocycles. The van der Waals surface area contributed by atoms with Crippen LogP contribution in [0.4, 0.5) is 5.69 Å². The molecule has 0 atom stereocenters. The van der Waals surface area contributed by atoms with Gasteiger partial charge in [0.25, 0.3) is 0 Å². The van der Waals surface area contributed by atoms with Gasteiger partial charge in [0.2, 0.25) is 15.9 Å². The Hall–Kier alpha value is -2.67. The van der Waals surface area contributed by atoms with E-state index >= 15 is 0 Å². The van der Waals surface area contributed by atoms with E-state index in [1.165, 1.54) is 28.6 Å². The lowest BCUT2D eigenvalue weighted by molar-refractivity contribution is -0.116. The van der Waals surface area contributed by atoms with Gasteiger partial charge < -0.3 is 5.32 Å². The maximum Gasteiger partial charge on any atom is 0.243 e. The zero-order chi connectivity index (χ0) is 21.7. The monoisotopic (exact) mass is 442 g/mol. The second-order valence-corrected chi connectivity index (χ2v) is 9.43. The summed E-state index contributed by atoms with van der Waals surface area (Å²) in [5, 5.41) is 3.23. The van der Waals surface area contributed by atoms with Gasteiger partial charge in [0, 0.05) is 17.3 Å². The molecular weight excluding hydrogens is 420 g/mol. The number of nitrogens with zero attached hydrogens (tertiary/aromatic N) is 1. The molecule has 0 fully saturated rings. The lowest BCUT2D eigenvalue weighted by atomic mass is 10.1. The van der Waals surface area contributed by atoms with Gasteiger partial charge in [-0.05, 0) is 66.9 Å². The zero-order valence-corrected chi connectivity index (χ0v) is 18.4. The minimum absolute atomic E-state index is 0.0755. The molecule has 0 unspecified atom stereocenters. The van der Waals surface area contributed by atoms with Crippen LogP contribution in [0.2, 0.25) is 5.02 Å². The van der Waals surface area contributed by atoms with E-state index in [1.807, 2.05) is 56.3 Å². The highest BCUT2D eigenvalue weighted by atomic mass is 35.5. The summed E-state index contributed by atoms with van der Waals surface area (Å²) in [4.78, 5) is 12.8. The van der Waals surface area contributed by atoms with Crippen molar-refractivity contribution in [3.05, 3.63) is 94.5 Å². The van der Waals surface area contributed by atoms with Gasteiger partial charge in [-0.2, -0.15) is 4.31 Å². The predicted molar refractivity (Wildman–Crippen MR) is 120 cm³/mol. The van der Waals surface area contributed by atoms with Gasteiger partial charge in [0.1, 0.15) is 0 Å². The van der Waals surface area contributed by atoms with Crippen molar-refractivity contribution in [2.75, 3.05) is 11.9 Å². The van der Waals surface area contributed by atoms with E-state index in [0.717, 1.165) is 16.7 Å². The summed E-state index contributed by atoms with van der Waals surface area (Å²) in [6.07, 6.45) is 0. The van der Waals surface area contributed by atoms with Crippen molar-refractivity contribution in [1.82, 2.24) is 4.31 Å². The summed E-state index contributed by atoms with van der Waals surface area (Å²) in [6.45, 7) is 3.71. The fourth-order valence-corrected chi connectivity index (χ4v) is 4.46. The minimum Gasteiger partial charge on any atom is -0.325 e. The number of anilines is 1. The molecule has 0 spiro atoms. The Morgan fingerprint density at radius 2 is 1.60 bits per heavy atom. The number of nitrogens with one attached hydrogen (secondary N) is 1. The Balaban J connectivity index is 1.86. The van der Waals surface area contributed by atoms with E-state index in [1.54, 1.807) is 6.07 Å². The Bertz CT molecular complexity index is 1130. The van der Waals surface area contributed by atoms with E-state index in [-0.39, 0.29) is 18.0 Å². The fourth-order valence-electron chi connectivity index (χ4n) is 2.95. The van der Waals surface area contributed by atoms with Gasteiger partial charge in [-0.15, -0.1) is 0 Å². The van der Waals surface area contributed by atoms with Gasteiger partial charge in [-0.1, -0.05) is 48.0 Å². The first-order valence-corrected chi connectivity index (χ1v) is 11.2. The highest BCUT2D eigenvalue weighted by Gasteiger charge is 2.27. The second-order valence-electron chi connectivity index (χ2n) is 7.06. The maximum absolute atomic E-state index is 13.2. The normalized spacial score (nSPS) is 11.5. The molecule has 30 heavy (non-hydrogen) atoms. The number of halogens is 1. The van der Waals surface area contributed by atoms with Crippen LogP contribution in [0, 0.1) is 13.8 Å². The SMILES string of the molecule is Cc1ccc(NC(=O)CN(Cc2ccccc2)S(=O)(=O)c2ccc(Cl)cc2)cc1C. The highest BCUT2D eigenvalue weighted by molar-refractivity contribution is 7.89. The summed E-state index contributed by atoms with van der Waals surface area (Å²) in [7, 11) is -3.90. The number of benzene rings is 3. The quantitative estimate of drug-likeness (QED) is 0.572. The summed E-state index contributed by atoms with van der Waals surface area (Å²) < 4.78 is 27.6. The van der Waals surface area contributed by atoms with Crippen LogP contribution < -0.4 is 5.32 Å². The van der Waals surface area contributed by atoms with Crippen LogP contribution in [0.5, 0.6) is 0 Å². The molecular formula is C23H23ClN2O3S. The zero-order valence-electron chi connectivity index (χ0n) is 16.8. The van der Waals surface area contributed by atoms with E-state index in [4.69, 9.17) is 11.6 Å². The third-order valence-corrected chi connectivity index (χ3v) is 6.82. The van der Waals surface area contributed by atoms with E-state index < -0.39 is 15.9 Å². The molecule has 1 N–H and O–H groups in total. The lowest BCUT2D eigenvalue weighted by Gasteiger charge is -2.22. The van der Waals surface area contributed by atoms with Gasteiger partial charge in [0.05, 0.1) is 11.4 Å². The first-order valence-electron chi connectivity index (χ1n) is 9.42. The third kappa shape index (κ3) is 5.48. The molecule has 0 radical (unpaired) electrons. The van der Waals surface area contributed by atoms with Crippen molar-refractivity contribution in [2.24, 2.45) is 0 Å². The molecule has 3 aromatic carbocycles. The molecule has 0 saturated carbocycles. The largest absolute Gasteiger partial charge is 0.325 e. The molecule has 3 rings (SSSR count). The van der Waals surface area contributed by atoms with Gasteiger partial charge in [0.15, 0.2) is 0 Å². The first-order chi connectivity index (χ1) is 14.3. The number of hydrogen-bond acceptors (Lipinski definition) is 3. The Morgan fingerprint density at radius 3 is 2.23 bits per heavy atom. The lowest BCUT2D eigenvalue weighted by Crippen LogP contribution is -2.37. The van der Waals surface area contributed by atoms with Gasteiger partial charge >= 0.3 is 0 Å². The van der Waals surface area contributed by atoms with Crippen molar-refractivity contribution in [3.8, 4) is 0 Å². The van der Waals surface area contributed by atoms with Crippen molar-refractivity contribution >= 4 is 33.2 Å². The molecule has 7 heteroatoms. The average molecular weight is 443 g/mol. The van der Waals surface area contributed by atoms with E-state index in [2.05, 4.69) is 5.32 Å². The Labute approximate surface area is 182 Å². The predicted octanol–water partition coefficient (Wildman–Crippen LogP) is 4.79. The van der Waals surface area contributed by atoms with Crippen molar-refractivity contribution in [3.63, 3.8) is 0 Å². The first kappa shape index (κ1) is 22.0. The topological polar surface area (TPSA) is 66.5 Å². The Kier molecular flexibility index (Phi) is 6.92. The average Bonchev–Trinajstić information content (AvgIpc) is 2.71. The molecule has 0 saturated heterocycles. The summed E-state index contributed by atoms with van der Waals surface area (Å²) in [5.74, 6) is -0.410. The highest BCUT2D eigenvalue weighted by Crippen LogP contribution is 2.21. The molecule has 3 aromatic rings. The van der Waals surface area contributed by atoms with Crippen LogP contribution in [-0.2, 0) is 21.4 Å². The maximum atomic E-state index is 13.2. The number of sulfonamides is 1. The van der Waals surface area contributed by atoms with Gasteiger partial charge in [-0.3, -0.25) is 4.79 Å². The van der Waals surface area contributed by atoms with Crippen LogP contribution in [0.15, 0.2) is 77.7 Å². The molecule has 5 nitrogen and oxygen atoms in total. The van der Waals surface area contributed by atoms with Gasteiger partial charge in [-0.25, -0.2) is 8.42 Å². The van der Waals surface area contributed by atoms with Crippen LogP contribution in [-0.4, -0.2) is 25.2 Å².